The average Bonchev–Trinajstić information content (AvgIpc) is 2.65. The highest BCUT2D eigenvalue weighted by atomic mass is 32.2. The van der Waals surface area contributed by atoms with Crippen LogP contribution in [0.25, 0.3) is 0 Å². The van der Waals surface area contributed by atoms with Crippen molar-refractivity contribution in [2.24, 2.45) is 10.4 Å². The molecule has 3 rings (SSSR count). The smallest absolute Gasteiger partial charge is 0.169 e. The lowest BCUT2D eigenvalue weighted by Gasteiger charge is -2.34. The Kier molecular flexibility index (Phi) is 2.47. The van der Waals surface area contributed by atoms with Crippen LogP contribution in [0.4, 0.5) is 5.69 Å². The summed E-state index contributed by atoms with van der Waals surface area (Å²) in [5.41, 5.74) is 1.61. The van der Waals surface area contributed by atoms with Crippen molar-refractivity contribution in [2.75, 3.05) is 11.4 Å². The van der Waals surface area contributed by atoms with Gasteiger partial charge in [-0.05, 0) is 35.7 Å². The van der Waals surface area contributed by atoms with E-state index in [2.05, 4.69) is 49.9 Å². The van der Waals surface area contributed by atoms with Gasteiger partial charge in [0.05, 0.1) is 11.7 Å². The van der Waals surface area contributed by atoms with Gasteiger partial charge >= 0.3 is 0 Å². The van der Waals surface area contributed by atoms with Crippen molar-refractivity contribution in [3.63, 3.8) is 0 Å². The summed E-state index contributed by atoms with van der Waals surface area (Å²) in [6.45, 7) is 7.95. The summed E-state index contributed by atoms with van der Waals surface area (Å²) in [5.74, 6) is 0. The van der Waals surface area contributed by atoms with Crippen molar-refractivity contribution in [3.05, 3.63) is 24.3 Å². The molecule has 1 atom stereocenters. The van der Waals surface area contributed by atoms with E-state index in [9.17, 15) is 0 Å². The molecule has 0 saturated carbocycles. The molecule has 0 spiro atoms. The van der Waals surface area contributed by atoms with E-state index in [1.807, 2.05) is 11.8 Å². The summed E-state index contributed by atoms with van der Waals surface area (Å²) in [6.07, 6.45) is 1.15. The quantitative estimate of drug-likeness (QED) is 0.692. The summed E-state index contributed by atoms with van der Waals surface area (Å²) < 4.78 is 0. The van der Waals surface area contributed by atoms with Crippen LogP contribution in [0.2, 0.25) is 0 Å². The Morgan fingerprint density at radius 1 is 1.29 bits per heavy atom. The number of hydrogen-bond acceptors (Lipinski definition) is 3. The van der Waals surface area contributed by atoms with E-state index in [0.29, 0.717) is 6.04 Å². The second-order valence-corrected chi connectivity index (χ2v) is 6.81. The average molecular weight is 246 g/mol. The van der Waals surface area contributed by atoms with E-state index in [1.54, 1.807) is 0 Å². The van der Waals surface area contributed by atoms with Crippen LogP contribution >= 0.6 is 11.8 Å². The molecule has 2 nitrogen and oxygen atoms in total. The topological polar surface area (TPSA) is 15.6 Å². The van der Waals surface area contributed by atoms with Crippen LogP contribution in [0, 0.1) is 5.41 Å². The molecule has 1 aromatic carbocycles. The zero-order valence-electron chi connectivity index (χ0n) is 10.6. The minimum Gasteiger partial charge on any atom is -0.320 e. The first-order valence-corrected chi connectivity index (χ1v) is 6.99. The van der Waals surface area contributed by atoms with Crippen LogP contribution in [0.5, 0.6) is 0 Å². The first-order chi connectivity index (χ1) is 8.05. The number of anilines is 1. The molecule has 90 valence electrons. The summed E-state index contributed by atoms with van der Waals surface area (Å²) in [7, 11) is 0. The summed E-state index contributed by atoms with van der Waals surface area (Å²) in [4.78, 5) is 8.65. The van der Waals surface area contributed by atoms with Crippen LogP contribution in [-0.4, -0.2) is 17.8 Å². The second kappa shape index (κ2) is 3.77. The molecule has 0 saturated heterocycles. The van der Waals surface area contributed by atoms with Gasteiger partial charge in [0.15, 0.2) is 5.17 Å². The maximum Gasteiger partial charge on any atom is 0.169 e. The van der Waals surface area contributed by atoms with Gasteiger partial charge in [-0.2, -0.15) is 0 Å². The largest absolute Gasteiger partial charge is 0.320 e. The Hall–Kier alpha value is -0.960. The van der Waals surface area contributed by atoms with Gasteiger partial charge < -0.3 is 4.90 Å². The first kappa shape index (κ1) is 11.1. The standard InChI is InChI=1S/C14H18N2S/c1-14(2,3)12-8-9-16-10-6-4-5-7-11(10)17-13(16)15-12/h4-7,12H,8-9H2,1-3H3/t12-/m1/s1. The minimum atomic E-state index is 0.272. The number of hydrogen-bond donors (Lipinski definition) is 0. The highest BCUT2D eigenvalue weighted by molar-refractivity contribution is 8.14. The zero-order chi connectivity index (χ0) is 12.0. The second-order valence-electron chi connectivity index (χ2n) is 5.80. The lowest BCUT2D eigenvalue weighted by molar-refractivity contribution is 0.306. The van der Waals surface area contributed by atoms with Gasteiger partial charge in [-0.3, -0.25) is 4.99 Å². The van der Waals surface area contributed by atoms with E-state index < -0.39 is 0 Å². The van der Waals surface area contributed by atoms with Crippen LogP contribution < -0.4 is 4.90 Å². The van der Waals surface area contributed by atoms with E-state index in [1.165, 1.54) is 15.8 Å². The molecule has 3 heteroatoms. The molecule has 0 aromatic heterocycles. The molecule has 0 bridgehead atoms. The molecule has 2 aliphatic heterocycles. The fourth-order valence-corrected chi connectivity index (χ4v) is 3.52. The van der Waals surface area contributed by atoms with Gasteiger partial charge in [-0.1, -0.05) is 32.9 Å². The highest BCUT2D eigenvalue weighted by Gasteiger charge is 2.34. The Balaban J connectivity index is 1.95. The van der Waals surface area contributed by atoms with Gasteiger partial charge in [0, 0.05) is 11.4 Å². The van der Waals surface area contributed by atoms with Crippen LogP contribution in [0.15, 0.2) is 34.2 Å². The Labute approximate surface area is 107 Å². The van der Waals surface area contributed by atoms with Gasteiger partial charge in [0.1, 0.15) is 0 Å². The van der Waals surface area contributed by atoms with Crippen LogP contribution in [0.1, 0.15) is 27.2 Å². The predicted octanol–water partition coefficient (Wildman–Crippen LogP) is 3.77. The van der Waals surface area contributed by atoms with E-state index >= 15 is 0 Å². The molecule has 1 aromatic rings. The van der Waals surface area contributed by atoms with Crippen molar-refractivity contribution in [3.8, 4) is 0 Å². The van der Waals surface area contributed by atoms with Crippen molar-refractivity contribution in [1.29, 1.82) is 0 Å². The maximum absolute atomic E-state index is 4.94. The van der Waals surface area contributed by atoms with E-state index in [4.69, 9.17) is 4.99 Å². The zero-order valence-corrected chi connectivity index (χ0v) is 11.4. The van der Waals surface area contributed by atoms with Gasteiger partial charge in [-0.15, -0.1) is 0 Å². The molecule has 17 heavy (non-hydrogen) atoms. The number of aliphatic imine (C=N–C) groups is 1. The number of amidine groups is 1. The van der Waals surface area contributed by atoms with Crippen molar-refractivity contribution >= 4 is 22.6 Å². The van der Waals surface area contributed by atoms with Crippen LogP contribution in [-0.2, 0) is 0 Å². The van der Waals surface area contributed by atoms with Crippen LogP contribution in [0.3, 0.4) is 0 Å². The molecule has 0 amide bonds. The third kappa shape index (κ3) is 1.86. The van der Waals surface area contributed by atoms with Gasteiger partial charge in [-0.25, -0.2) is 0 Å². The van der Waals surface area contributed by atoms with Crippen molar-refractivity contribution in [2.45, 2.75) is 38.1 Å². The summed E-state index contributed by atoms with van der Waals surface area (Å²) in [6, 6.07) is 9.05. The van der Waals surface area contributed by atoms with Crippen molar-refractivity contribution < 1.29 is 0 Å². The van der Waals surface area contributed by atoms with Crippen molar-refractivity contribution in [1.82, 2.24) is 0 Å². The Morgan fingerprint density at radius 3 is 2.82 bits per heavy atom. The van der Waals surface area contributed by atoms with Gasteiger partial charge in [0.25, 0.3) is 0 Å². The molecule has 0 N–H and O–H groups in total. The SMILES string of the molecule is CC(C)(C)[C@H]1CCN2C(=N1)Sc1ccccc12. The molecule has 2 aliphatic rings. The number of para-hydroxylation sites is 1. The monoisotopic (exact) mass is 246 g/mol. The maximum atomic E-state index is 4.94. The molecule has 0 radical (unpaired) electrons. The number of nitrogens with zero attached hydrogens (tertiary/aromatic N) is 2. The number of benzene rings is 1. The molecular weight excluding hydrogens is 228 g/mol. The predicted molar refractivity (Wildman–Crippen MR) is 74.9 cm³/mol. The molecule has 0 aliphatic carbocycles. The lowest BCUT2D eigenvalue weighted by Crippen LogP contribution is -2.39. The Morgan fingerprint density at radius 2 is 2.06 bits per heavy atom. The summed E-state index contributed by atoms with van der Waals surface area (Å²) in [5, 5.41) is 1.19. The number of fused-ring (bicyclic) bond motifs is 3. The molecule has 0 unspecified atom stereocenters. The van der Waals surface area contributed by atoms with Gasteiger partial charge in [0.2, 0.25) is 0 Å². The third-order valence-corrected chi connectivity index (χ3v) is 4.55. The third-order valence-electron chi connectivity index (χ3n) is 3.48. The molecule has 0 fully saturated rings. The first-order valence-electron chi connectivity index (χ1n) is 6.18. The highest BCUT2D eigenvalue weighted by Crippen LogP contribution is 2.43. The van der Waals surface area contributed by atoms with E-state index in [0.717, 1.165) is 13.0 Å². The molecule has 2 heterocycles. The lowest BCUT2D eigenvalue weighted by atomic mass is 9.84. The summed E-state index contributed by atoms with van der Waals surface area (Å²) >= 11 is 1.82. The molecular formula is C14H18N2S. The fourth-order valence-electron chi connectivity index (χ4n) is 2.41. The number of thioether (sulfide) groups is 1. The number of rotatable bonds is 0. The fraction of sp³-hybridized carbons (Fsp3) is 0.500. The minimum absolute atomic E-state index is 0.272. The normalized spacial score (nSPS) is 23.1. The van der Waals surface area contributed by atoms with E-state index in [-0.39, 0.29) is 5.41 Å². The Bertz CT molecular complexity index is 473.